The second kappa shape index (κ2) is 11.0. The third-order valence-corrected chi connectivity index (χ3v) is 4.88. The number of rotatable bonds is 8. The Balaban J connectivity index is 2.03. The number of nitrogens with one attached hydrogen (secondary N) is 1. The van der Waals surface area contributed by atoms with Gasteiger partial charge in [0.05, 0.1) is 19.3 Å². The van der Waals surface area contributed by atoms with Gasteiger partial charge in [0.25, 0.3) is 0 Å². The molecule has 5 nitrogen and oxygen atoms in total. The van der Waals surface area contributed by atoms with Gasteiger partial charge in [-0.3, -0.25) is 9.89 Å². The van der Waals surface area contributed by atoms with Crippen molar-refractivity contribution in [2.45, 2.75) is 25.8 Å². The summed E-state index contributed by atoms with van der Waals surface area (Å²) in [4.78, 5) is 9.15. The number of guanidine groups is 1. The van der Waals surface area contributed by atoms with E-state index in [9.17, 15) is 0 Å². The quantitative estimate of drug-likeness (QED) is 0.336. The Labute approximate surface area is 158 Å². The molecule has 1 saturated heterocycles. The predicted octanol–water partition coefficient (Wildman–Crippen LogP) is 2.84. The van der Waals surface area contributed by atoms with Crippen LogP contribution in [0.4, 0.5) is 0 Å². The third kappa shape index (κ3) is 6.15. The van der Waals surface area contributed by atoms with Gasteiger partial charge >= 0.3 is 0 Å². The van der Waals surface area contributed by atoms with E-state index in [1.54, 1.807) is 0 Å². The molecule has 144 valence electrons. The summed E-state index contributed by atoms with van der Waals surface area (Å²) in [5.74, 6) is 0.944. The largest absolute Gasteiger partial charge is 0.379 e. The minimum atomic E-state index is 0.317. The molecule has 1 aromatic carbocycles. The number of allylic oxidation sites excluding steroid dienone is 1. The molecular formula is C21H34N4O. The van der Waals surface area contributed by atoms with Crippen LogP contribution >= 0.6 is 0 Å². The summed E-state index contributed by atoms with van der Waals surface area (Å²) in [5.41, 5.74) is 2.63. The highest BCUT2D eigenvalue weighted by atomic mass is 16.5. The monoisotopic (exact) mass is 358 g/mol. The molecule has 1 unspecified atom stereocenters. The second-order valence-electron chi connectivity index (χ2n) is 6.86. The van der Waals surface area contributed by atoms with E-state index in [0.29, 0.717) is 6.04 Å². The Morgan fingerprint density at radius 1 is 1.35 bits per heavy atom. The summed E-state index contributed by atoms with van der Waals surface area (Å²) in [5, 5.41) is 3.57. The molecule has 5 heteroatoms. The zero-order valence-corrected chi connectivity index (χ0v) is 16.6. The predicted molar refractivity (Wildman–Crippen MR) is 110 cm³/mol. The van der Waals surface area contributed by atoms with Crippen LogP contribution in [0.25, 0.3) is 0 Å². The molecule has 0 spiro atoms. The van der Waals surface area contributed by atoms with Crippen LogP contribution in [-0.2, 0) is 4.74 Å². The van der Waals surface area contributed by atoms with Gasteiger partial charge in [0.15, 0.2) is 5.96 Å². The molecule has 1 N–H and O–H groups in total. The van der Waals surface area contributed by atoms with Gasteiger partial charge < -0.3 is 15.0 Å². The molecule has 1 heterocycles. The fraction of sp³-hybridized carbons (Fsp3) is 0.571. The molecule has 0 aromatic heterocycles. The van der Waals surface area contributed by atoms with Crippen molar-refractivity contribution < 1.29 is 4.74 Å². The number of ether oxygens (including phenoxy) is 1. The average molecular weight is 359 g/mol. The lowest BCUT2D eigenvalue weighted by Gasteiger charge is -2.35. The fourth-order valence-electron chi connectivity index (χ4n) is 3.29. The van der Waals surface area contributed by atoms with Gasteiger partial charge in [-0.05, 0) is 25.3 Å². The van der Waals surface area contributed by atoms with Gasteiger partial charge in [0, 0.05) is 40.3 Å². The molecule has 0 bridgehead atoms. The van der Waals surface area contributed by atoms with Gasteiger partial charge in [-0.15, -0.1) is 6.58 Å². The molecule has 1 aromatic rings. The van der Waals surface area contributed by atoms with Crippen LogP contribution in [0, 0.1) is 6.92 Å². The van der Waals surface area contributed by atoms with E-state index in [0.717, 1.165) is 58.2 Å². The second-order valence-corrected chi connectivity index (χ2v) is 6.86. The lowest BCUT2D eigenvalue weighted by Crippen LogP contribution is -2.46. The van der Waals surface area contributed by atoms with Gasteiger partial charge in [0.2, 0.25) is 0 Å². The van der Waals surface area contributed by atoms with Crippen molar-refractivity contribution in [1.29, 1.82) is 0 Å². The number of morpholine rings is 1. The number of hydrogen-bond donors (Lipinski definition) is 1. The SMILES string of the molecule is C=CCCCN(C)C(=NC)NCC(c1ccc(C)cc1)N1CCOCC1. The number of unbranched alkanes of at least 4 members (excludes halogenated alkanes) is 1. The van der Waals surface area contributed by atoms with Crippen molar-refractivity contribution in [3.63, 3.8) is 0 Å². The van der Waals surface area contributed by atoms with E-state index < -0.39 is 0 Å². The molecule has 26 heavy (non-hydrogen) atoms. The summed E-state index contributed by atoms with van der Waals surface area (Å²) in [7, 11) is 3.94. The standard InChI is InChI=1S/C21H34N4O/c1-5-6-7-12-24(4)21(22-3)23-17-20(25-13-15-26-16-14-25)19-10-8-18(2)9-11-19/h5,8-11,20H,1,6-7,12-17H2,2-4H3,(H,22,23). The molecule has 0 amide bonds. The number of aliphatic imine (C=N–C) groups is 1. The first-order valence-electron chi connectivity index (χ1n) is 9.56. The van der Waals surface area contributed by atoms with E-state index in [4.69, 9.17) is 4.74 Å². The Hall–Kier alpha value is -1.85. The first-order valence-corrected chi connectivity index (χ1v) is 9.56. The highest BCUT2D eigenvalue weighted by Crippen LogP contribution is 2.22. The Morgan fingerprint density at radius 2 is 2.04 bits per heavy atom. The maximum Gasteiger partial charge on any atom is 0.193 e. The summed E-state index contributed by atoms with van der Waals surface area (Å²) >= 11 is 0. The van der Waals surface area contributed by atoms with E-state index in [2.05, 4.69) is 64.9 Å². The van der Waals surface area contributed by atoms with Crippen molar-refractivity contribution in [3.05, 3.63) is 48.0 Å². The first-order chi connectivity index (χ1) is 12.7. The molecule has 1 atom stereocenters. The molecule has 0 radical (unpaired) electrons. The summed E-state index contributed by atoms with van der Waals surface area (Å²) in [6.07, 6.45) is 4.09. The van der Waals surface area contributed by atoms with Crippen LogP contribution in [0.2, 0.25) is 0 Å². The van der Waals surface area contributed by atoms with Gasteiger partial charge in [-0.25, -0.2) is 0 Å². The summed E-state index contributed by atoms with van der Waals surface area (Å²) in [6, 6.07) is 9.19. The number of aryl methyl sites for hydroxylation is 1. The topological polar surface area (TPSA) is 40.1 Å². The van der Waals surface area contributed by atoms with Crippen LogP contribution in [-0.4, -0.2) is 69.2 Å². The van der Waals surface area contributed by atoms with Crippen molar-refractivity contribution in [3.8, 4) is 0 Å². The summed E-state index contributed by atoms with van der Waals surface area (Å²) in [6.45, 7) is 11.3. The highest BCUT2D eigenvalue weighted by molar-refractivity contribution is 5.79. The molecule has 0 saturated carbocycles. The summed E-state index contributed by atoms with van der Waals surface area (Å²) < 4.78 is 5.54. The van der Waals surface area contributed by atoms with E-state index >= 15 is 0 Å². The lowest BCUT2D eigenvalue weighted by molar-refractivity contribution is 0.0169. The zero-order chi connectivity index (χ0) is 18.8. The van der Waals surface area contributed by atoms with Gasteiger partial charge in [0.1, 0.15) is 0 Å². The number of benzene rings is 1. The van der Waals surface area contributed by atoms with Crippen LogP contribution in [0.1, 0.15) is 30.0 Å². The number of nitrogens with zero attached hydrogens (tertiary/aromatic N) is 3. The maximum atomic E-state index is 5.54. The van der Waals surface area contributed by atoms with Crippen molar-refractivity contribution >= 4 is 5.96 Å². The average Bonchev–Trinajstić information content (AvgIpc) is 2.67. The van der Waals surface area contributed by atoms with Crippen LogP contribution in [0.5, 0.6) is 0 Å². The van der Waals surface area contributed by atoms with E-state index in [-0.39, 0.29) is 0 Å². The minimum absolute atomic E-state index is 0.317. The first kappa shape index (κ1) is 20.5. The van der Waals surface area contributed by atoms with Crippen molar-refractivity contribution in [1.82, 2.24) is 15.1 Å². The highest BCUT2D eigenvalue weighted by Gasteiger charge is 2.23. The van der Waals surface area contributed by atoms with Crippen LogP contribution in [0.3, 0.4) is 0 Å². The molecule has 1 aliphatic rings. The van der Waals surface area contributed by atoms with Gasteiger partial charge in [-0.2, -0.15) is 0 Å². The van der Waals surface area contributed by atoms with Gasteiger partial charge in [-0.1, -0.05) is 35.9 Å². The van der Waals surface area contributed by atoms with E-state index in [1.807, 2.05) is 13.1 Å². The molecule has 0 aliphatic carbocycles. The Kier molecular flexibility index (Phi) is 8.65. The Morgan fingerprint density at radius 3 is 2.65 bits per heavy atom. The molecule has 2 rings (SSSR count). The molecule has 1 fully saturated rings. The normalized spacial score (nSPS) is 17.0. The fourth-order valence-corrected chi connectivity index (χ4v) is 3.29. The molecular weight excluding hydrogens is 324 g/mol. The minimum Gasteiger partial charge on any atom is -0.379 e. The number of hydrogen-bond acceptors (Lipinski definition) is 3. The van der Waals surface area contributed by atoms with Crippen molar-refractivity contribution in [2.24, 2.45) is 4.99 Å². The van der Waals surface area contributed by atoms with Crippen LogP contribution in [0.15, 0.2) is 41.9 Å². The zero-order valence-electron chi connectivity index (χ0n) is 16.6. The van der Waals surface area contributed by atoms with E-state index in [1.165, 1.54) is 11.1 Å². The Bertz CT molecular complexity index is 564. The maximum absolute atomic E-state index is 5.54. The van der Waals surface area contributed by atoms with Crippen molar-refractivity contribution in [2.75, 3.05) is 53.5 Å². The van der Waals surface area contributed by atoms with Crippen LogP contribution < -0.4 is 5.32 Å². The molecule has 1 aliphatic heterocycles. The third-order valence-electron chi connectivity index (χ3n) is 4.88. The lowest BCUT2D eigenvalue weighted by atomic mass is 10.0. The smallest absolute Gasteiger partial charge is 0.193 e.